The fraction of sp³-hybridized carbons (Fsp3) is 1.00. The third-order valence-corrected chi connectivity index (χ3v) is 4.35. The van der Waals surface area contributed by atoms with Crippen molar-refractivity contribution in [3.05, 3.63) is 0 Å². The second kappa shape index (κ2) is 8.43. The van der Waals surface area contributed by atoms with E-state index in [-0.39, 0.29) is 0 Å². The minimum absolute atomic E-state index is 0.792. The van der Waals surface area contributed by atoms with E-state index in [0.29, 0.717) is 0 Å². The van der Waals surface area contributed by atoms with Gasteiger partial charge in [-0.15, -0.1) is 0 Å². The highest BCUT2D eigenvalue weighted by molar-refractivity contribution is 7.99. The van der Waals surface area contributed by atoms with Crippen LogP contribution in [0.5, 0.6) is 0 Å². The molecule has 1 heterocycles. The maximum atomic E-state index is 3.68. The molecule has 0 aromatic heterocycles. The van der Waals surface area contributed by atoms with Crippen LogP contribution in [0.3, 0.4) is 0 Å². The van der Waals surface area contributed by atoms with Gasteiger partial charge in [0.15, 0.2) is 0 Å². The van der Waals surface area contributed by atoms with E-state index in [4.69, 9.17) is 0 Å². The molecule has 0 bridgehead atoms. The lowest BCUT2D eigenvalue weighted by Crippen LogP contribution is -2.36. The zero-order valence-corrected chi connectivity index (χ0v) is 11.1. The van der Waals surface area contributed by atoms with E-state index >= 15 is 0 Å². The average Bonchev–Trinajstić information content (AvgIpc) is 2.31. The molecule has 1 aliphatic heterocycles. The van der Waals surface area contributed by atoms with Gasteiger partial charge < -0.3 is 10.2 Å². The molecule has 90 valence electrons. The molecule has 0 spiro atoms. The van der Waals surface area contributed by atoms with Crippen LogP contribution < -0.4 is 5.32 Å². The van der Waals surface area contributed by atoms with Gasteiger partial charge in [-0.2, -0.15) is 11.8 Å². The maximum absolute atomic E-state index is 3.68. The SMILES string of the molecule is CCN(CC)CCCN[C@H]1CCCSC1. The summed E-state index contributed by atoms with van der Waals surface area (Å²) in [5.74, 6) is 2.70. The van der Waals surface area contributed by atoms with E-state index in [9.17, 15) is 0 Å². The van der Waals surface area contributed by atoms with E-state index < -0.39 is 0 Å². The molecule has 0 aromatic carbocycles. The van der Waals surface area contributed by atoms with Crippen LogP contribution in [0, 0.1) is 0 Å². The summed E-state index contributed by atoms with van der Waals surface area (Å²) in [4.78, 5) is 2.50. The van der Waals surface area contributed by atoms with Crippen molar-refractivity contribution in [3.8, 4) is 0 Å². The Morgan fingerprint density at radius 1 is 1.33 bits per heavy atom. The van der Waals surface area contributed by atoms with Gasteiger partial charge in [0, 0.05) is 11.8 Å². The number of rotatable bonds is 7. The summed E-state index contributed by atoms with van der Waals surface area (Å²) in [5.41, 5.74) is 0. The van der Waals surface area contributed by atoms with Crippen molar-refractivity contribution in [2.45, 2.75) is 39.2 Å². The largest absolute Gasteiger partial charge is 0.313 e. The minimum Gasteiger partial charge on any atom is -0.313 e. The number of nitrogens with zero attached hydrogens (tertiary/aromatic N) is 1. The van der Waals surface area contributed by atoms with Crippen LogP contribution in [0.1, 0.15) is 33.1 Å². The van der Waals surface area contributed by atoms with Crippen molar-refractivity contribution in [2.75, 3.05) is 37.7 Å². The Labute approximate surface area is 99.2 Å². The van der Waals surface area contributed by atoms with E-state index in [1.807, 2.05) is 0 Å². The summed E-state index contributed by atoms with van der Waals surface area (Å²) >= 11 is 2.10. The predicted molar refractivity (Wildman–Crippen MR) is 70.8 cm³/mol. The summed E-state index contributed by atoms with van der Waals surface area (Å²) in [6.45, 7) is 9.32. The second-order valence-electron chi connectivity index (χ2n) is 4.25. The molecule has 15 heavy (non-hydrogen) atoms. The fourth-order valence-corrected chi connectivity index (χ4v) is 3.16. The minimum atomic E-state index is 0.792. The lowest BCUT2D eigenvalue weighted by molar-refractivity contribution is 0.295. The molecule has 0 unspecified atom stereocenters. The summed E-state index contributed by atoms with van der Waals surface area (Å²) in [6.07, 6.45) is 4.08. The lowest BCUT2D eigenvalue weighted by Gasteiger charge is -2.23. The second-order valence-corrected chi connectivity index (χ2v) is 5.40. The van der Waals surface area contributed by atoms with Gasteiger partial charge in [0.2, 0.25) is 0 Å². The standard InChI is InChI=1S/C12H26N2S/c1-3-14(4-2)9-6-8-13-12-7-5-10-15-11-12/h12-13H,3-11H2,1-2H3/t12-/m0/s1. The number of hydrogen-bond donors (Lipinski definition) is 1. The Morgan fingerprint density at radius 3 is 2.73 bits per heavy atom. The van der Waals surface area contributed by atoms with Gasteiger partial charge in [-0.1, -0.05) is 13.8 Å². The fourth-order valence-electron chi connectivity index (χ4n) is 2.05. The van der Waals surface area contributed by atoms with Crippen LogP contribution in [0.25, 0.3) is 0 Å². The molecule has 2 nitrogen and oxygen atoms in total. The monoisotopic (exact) mass is 230 g/mol. The number of hydrogen-bond acceptors (Lipinski definition) is 3. The van der Waals surface area contributed by atoms with Crippen molar-refractivity contribution in [2.24, 2.45) is 0 Å². The Kier molecular flexibility index (Phi) is 7.49. The molecule has 0 radical (unpaired) electrons. The van der Waals surface area contributed by atoms with Crippen LogP contribution in [-0.4, -0.2) is 48.6 Å². The van der Waals surface area contributed by atoms with E-state index in [0.717, 1.165) is 6.04 Å². The highest BCUT2D eigenvalue weighted by Crippen LogP contribution is 2.16. The third kappa shape index (κ3) is 5.79. The van der Waals surface area contributed by atoms with Crippen molar-refractivity contribution < 1.29 is 0 Å². The van der Waals surface area contributed by atoms with Gasteiger partial charge in [0.05, 0.1) is 0 Å². The molecule has 0 aromatic rings. The smallest absolute Gasteiger partial charge is 0.0158 e. The maximum Gasteiger partial charge on any atom is 0.0158 e. The van der Waals surface area contributed by atoms with Crippen molar-refractivity contribution in [1.29, 1.82) is 0 Å². The molecule has 3 heteroatoms. The third-order valence-electron chi connectivity index (χ3n) is 3.14. The van der Waals surface area contributed by atoms with Gasteiger partial charge >= 0.3 is 0 Å². The molecule has 1 atom stereocenters. The molecule has 1 aliphatic rings. The molecule has 0 aliphatic carbocycles. The zero-order chi connectivity index (χ0) is 10.9. The van der Waals surface area contributed by atoms with Gasteiger partial charge in [0.1, 0.15) is 0 Å². The quantitative estimate of drug-likeness (QED) is 0.675. The average molecular weight is 230 g/mol. The molecular weight excluding hydrogens is 204 g/mol. The molecule has 0 amide bonds. The normalized spacial score (nSPS) is 22.2. The summed E-state index contributed by atoms with van der Waals surface area (Å²) in [5, 5.41) is 3.68. The molecule has 1 rings (SSSR count). The highest BCUT2D eigenvalue weighted by Gasteiger charge is 2.12. The van der Waals surface area contributed by atoms with Crippen LogP contribution in [0.15, 0.2) is 0 Å². The first kappa shape index (κ1) is 13.3. The summed E-state index contributed by atoms with van der Waals surface area (Å²) in [6, 6.07) is 0.792. The molecule has 1 saturated heterocycles. The van der Waals surface area contributed by atoms with Crippen molar-refractivity contribution >= 4 is 11.8 Å². The van der Waals surface area contributed by atoms with Crippen molar-refractivity contribution in [1.82, 2.24) is 10.2 Å². The Morgan fingerprint density at radius 2 is 2.13 bits per heavy atom. The van der Waals surface area contributed by atoms with E-state index in [2.05, 4.69) is 35.8 Å². The Balaban J connectivity index is 1.95. The van der Waals surface area contributed by atoms with Gasteiger partial charge in [-0.05, 0) is 51.2 Å². The predicted octanol–water partition coefficient (Wildman–Crippen LogP) is 2.20. The molecular formula is C12H26N2S. The van der Waals surface area contributed by atoms with Crippen LogP contribution in [0.4, 0.5) is 0 Å². The first-order valence-corrected chi connectivity index (χ1v) is 7.55. The summed E-state index contributed by atoms with van der Waals surface area (Å²) in [7, 11) is 0. The number of thioether (sulfide) groups is 1. The first-order valence-electron chi connectivity index (χ1n) is 6.40. The highest BCUT2D eigenvalue weighted by atomic mass is 32.2. The number of nitrogens with one attached hydrogen (secondary N) is 1. The van der Waals surface area contributed by atoms with Crippen LogP contribution in [-0.2, 0) is 0 Å². The van der Waals surface area contributed by atoms with Gasteiger partial charge in [0.25, 0.3) is 0 Å². The Bertz CT molecular complexity index is 143. The first-order chi connectivity index (χ1) is 7.36. The van der Waals surface area contributed by atoms with Gasteiger partial charge in [-0.25, -0.2) is 0 Å². The molecule has 0 saturated carbocycles. The molecule has 1 N–H and O–H groups in total. The molecule has 1 fully saturated rings. The van der Waals surface area contributed by atoms with Crippen LogP contribution in [0.2, 0.25) is 0 Å². The van der Waals surface area contributed by atoms with Gasteiger partial charge in [-0.3, -0.25) is 0 Å². The lowest BCUT2D eigenvalue weighted by atomic mass is 10.2. The zero-order valence-electron chi connectivity index (χ0n) is 10.3. The van der Waals surface area contributed by atoms with E-state index in [1.165, 1.54) is 56.9 Å². The van der Waals surface area contributed by atoms with Crippen LogP contribution >= 0.6 is 11.8 Å². The van der Waals surface area contributed by atoms with E-state index in [1.54, 1.807) is 0 Å². The Hall–Kier alpha value is 0.270. The van der Waals surface area contributed by atoms with Crippen molar-refractivity contribution in [3.63, 3.8) is 0 Å². The summed E-state index contributed by atoms with van der Waals surface area (Å²) < 4.78 is 0. The topological polar surface area (TPSA) is 15.3 Å².